The largest absolute Gasteiger partial charge is 0.371 e. The van der Waals surface area contributed by atoms with E-state index in [2.05, 4.69) is 92.9 Å². The van der Waals surface area contributed by atoms with E-state index in [1.54, 1.807) is 0 Å². The molecule has 0 aromatic heterocycles. The lowest BCUT2D eigenvalue weighted by Crippen LogP contribution is -2.58. The molecular weight excluding hydrogens is 511 g/mol. The number of hydrogen-bond acceptors (Lipinski definition) is 4. The first-order chi connectivity index (χ1) is 18.7. The van der Waals surface area contributed by atoms with Crippen LogP contribution in [0.3, 0.4) is 0 Å². The highest BCUT2D eigenvalue weighted by molar-refractivity contribution is 8.01. The van der Waals surface area contributed by atoms with Gasteiger partial charge in [0.05, 0.1) is 0 Å². The smallest absolute Gasteiger partial charge is 0.247 e. The van der Waals surface area contributed by atoms with Gasteiger partial charge in [0, 0.05) is 57.1 Å². The number of rotatable bonds is 2. The van der Waals surface area contributed by atoms with Crippen LogP contribution in [0.15, 0.2) is 68.1 Å². The maximum absolute atomic E-state index is 2.61. The zero-order valence-corrected chi connectivity index (χ0v) is 25.9. The lowest BCUT2D eigenvalue weighted by atomic mass is 9.36. The molecule has 2 fully saturated rings. The van der Waals surface area contributed by atoms with E-state index < -0.39 is 0 Å². The van der Waals surface area contributed by atoms with Gasteiger partial charge in [0.2, 0.25) is 6.71 Å². The van der Waals surface area contributed by atoms with E-state index in [4.69, 9.17) is 0 Å². The number of anilines is 2. The highest BCUT2D eigenvalue weighted by atomic mass is 32.2. The molecule has 3 aromatic rings. The average molecular weight is 553 g/mol. The van der Waals surface area contributed by atoms with E-state index in [0.29, 0.717) is 6.71 Å². The lowest BCUT2D eigenvalue weighted by molar-refractivity contribution is 0.438. The lowest BCUT2D eigenvalue weighted by Gasteiger charge is -2.37. The van der Waals surface area contributed by atoms with Crippen LogP contribution >= 0.6 is 23.5 Å². The predicted octanol–water partition coefficient (Wildman–Crippen LogP) is 6.90. The Labute approximate surface area is 244 Å². The van der Waals surface area contributed by atoms with Crippen molar-refractivity contribution in [3.05, 3.63) is 54.1 Å². The molecule has 202 valence electrons. The number of piperidine rings is 2. The topological polar surface area (TPSA) is 6.48 Å². The van der Waals surface area contributed by atoms with Crippen molar-refractivity contribution < 1.29 is 0 Å². The highest BCUT2D eigenvalue weighted by Crippen LogP contribution is 2.43. The minimum absolute atomic E-state index is 0.126. The molecule has 4 aliphatic heterocycles. The van der Waals surface area contributed by atoms with Gasteiger partial charge >= 0.3 is 0 Å². The van der Waals surface area contributed by atoms with Crippen molar-refractivity contribution in [1.29, 1.82) is 0 Å². The summed E-state index contributed by atoms with van der Waals surface area (Å²) in [6, 6.07) is 19.8. The van der Waals surface area contributed by atoms with Gasteiger partial charge in [0.25, 0.3) is 0 Å². The van der Waals surface area contributed by atoms with Gasteiger partial charge < -0.3 is 9.80 Å². The number of benzene rings is 3. The van der Waals surface area contributed by atoms with Crippen molar-refractivity contribution in [3.63, 3.8) is 0 Å². The van der Waals surface area contributed by atoms with Crippen molar-refractivity contribution in [1.82, 2.24) is 0 Å². The fourth-order valence-electron chi connectivity index (χ4n) is 6.83. The summed E-state index contributed by atoms with van der Waals surface area (Å²) in [6.45, 7) is 16.9. The Bertz CT molecular complexity index is 1310. The summed E-state index contributed by atoms with van der Waals surface area (Å²) in [5.41, 5.74) is 8.91. The summed E-state index contributed by atoms with van der Waals surface area (Å²) in [5, 5.41) is 0. The van der Waals surface area contributed by atoms with Crippen LogP contribution in [-0.2, 0) is 5.41 Å². The SMILES string of the molecule is CC1CCN(c2ccc3c(c2)Sc2cc(C(C)(C)C)cc4c2B3c2ccc(N3CCC(C)CC3)cc2S4)CC1. The second-order valence-electron chi connectivity index (χ2n) is 13.6. The Balaban J connectivity index is 1.33. The van der Waals surface area contributed by atoms with Gasteiger partial charge in [-0.05, 0) is 90.4 Å². The van der Waals surface area contributed by atoms with E-state index in [-0.39, 0.29) is 5.41 Å². The predicted molar refractivity (Wildman–Crippen MR) is 172 cm³/mol. The van der Waals surface area contributed by atoms with Crippen LogP contribution in [0.2, 0.25) is 0 Å². The normalized spacial score (nSPS) is 19.6. The van der Waals surface area contributed by atoms with Crippen molar-refractivity contribution in [2.75, 3.05) is 36.0 Å². The number of nitrogens with zero attached hydrogens (tertiary/aromatic N) is 2. The van der Waals surface area contributed by atoms with Gasteiger partial charge in [-0.1, -0.05) is 81.2 Å². The van der Waals surface area contributed by atoms with Gasteiger partial charge in [0.15, 0.2) is 0 Å². The second-order valence-corrected chi connectivity index (χ2v) is 15.7. The fourth-order valence-corrected chi connectivity index (χ4v) is 9.38. The van der Waals surface area contributed by atoms with E-state index in [1.165, 1.54) is 105 Å². The van der Waals surface area contributed by atoms with Crippen LogP contribution in [-0.4, -0.2) is 32.9 Å². The van der Waals surface area contributed by atoms with Crippen molar-refractivity contribution in [3.8, 4) is 0 Å². The zero-order chi connectivity index (χ0) is 26.9. The summed E-state index contributed by atoms with van der Waals surface area (Å²) >= 11 is 4.02. The third-order valence-corrected chi connectivity index (χ3v) is 11.9. The Hall–Kier alpha value is -1.98. The van der Waals surface area contributed by atoms with Crippen molar-refractivity contribution >= 4 is 58.0 Å². The summed E-state index contributed by atoms with van der Waals surface area (Å²) < 4.78 is 0. The summed E-state index contributed by atoms with van der Waals surface area (Å²) in [4.78, 5) is 11.1. The molecule has 0 saturated carbocycles. The van der Waals surface area contributed by atoms with E-state index in [0.717, 1.165) is 11.8 Å². The number of hydrogen-bond donors (Lipinski definition) is 0. The molecule has 2 nitrogen and oxygen atoms in total. The Kier molecular flexibility index (Phi) is 6.55. The van der Waals surface area contributed by atoms with E-state index in [1.807, 2.05) is 23.5 Å². The minimum Gasteiger partial charge on any atom is -0.371 e. The van der Waals surface area contributed by atoms with Crippen molar-refractivity contribution in [2.24, 2.45) is 11.8 Å². The fraction of sp³-hybridized carbons (Fsp3) is 0.471. The molecule has 7 rings (SSSR count). The molecule has 0 unspecified atom stereocenters. The first-order valence-electron chi connectivity index (χ1n) is 15.1. The summed E-state index contributed by atoms with van der Waals surface area (Å²) in [5.74, 6) is 1.70. The third-order valence-electron chi connectivity index (χ3n) is 9.61. The molecule has 39 heavy (non-hydrogen) atoms. The average Bonchev–Trinajstić information content (AvgIpc) is 2.92. The molecule has 0 atom stereocenters. The van der Waals surface area contributed by atoms with Gasteiger partial charge in [-0.2, -0.15) is 0 Å². The maximum Gasteiger partial charge on any atom is 0.247 e. The Morgan fingerprint density at radius 3 is 1.49 bits per heavy atom. The minimum atomic E-state index is 0.126. The molecule has 0 radical (unpaired) electrons. The molecule has 4 heterocycles. The molecule has 0 spiro atoms. The summed E-state index contributed by atoms with van der Waals surface area (Å²) in [7, 11) is 0. The van der Waals surface area contributed by atoms with Gasteiger partial charge in [-0.3, -0.25) is 0 Å². The molecule has 4 aliphatic rings. The molecular formula is C34H41BN2S2. The van der Waals surface area contributed by atoms with Gasteiger partial charge in [0.1, 0.15) is 0 Å². The van der Waals surface area contributed by atoms with Crippen LogP contribution < -0.4 is 26.2 Å². The molecule has 0 bridgehead atoms. The molecule has 5 heteroatoms. The molecule has 3 aromatic carbocycles. The second kappa shape index (κ2) is 9.84. The van der Waals surface area contributed by atoms with Crippen LogP contribution in [0.5, 0.6) is 0 Å². The zero-order valence-electron chi connectivity index (χ0n) is 24.2. The Morgan fingerprint density at radius 1 is 0.641 bits per heavy atom. The van der Waals surface area contributed by atoms with Gasteiger partial charge in [-0.25, -0.2) is 0 Å². The van der Waals surface area contributed by atoms with Crippen LogP contribution in [0.25, 0.3) is 0 Å². The van der Waals surface area contributed by atoms with E-state index >= 15 is 0 Å². The third kappa shape index (κ3) is 4.72. The molecule has 0 amide bonds. The van der Waals surface area contributed by atoms with Crippen LogP contribution in [0.1, 0.15) is 65.9 Å². The summed E-state index contributed by atoms with van der Waals surface area (Å²) in [6.07, 6.45) is 5.21. The Morgan fingerprint density at radius 2 is 1.08 bits per heavy atom. The first kappa shape index (κ1) is 26.0. The molecule has 2 saturated heterocycles. The monoisotopic (exact) mass is 552 g/mol. The maximum atomic E-state index is 2.61. The first-order valence-corrected chi connectivity index (χ1v) is 16.7. The number of fused-ring (bicyclic) bond motifs is 4. The van der Waals surface area contributed by atoms with Crippen molar-refractivity contribution in [2.45, 2.75) is 85.3 Å². The molecule has 0 N–H and O–H groups in total. The van der Waals surface area contributed by atoms with Crippen LogP contribution in [0.4, 0.5) is 11.4 Å². The highest BCUT2D eigenvalue weighted by Gasteiger charge is 2.39. The standard InChI is InChI=1S/C34H41BN2S2/c1-22-10-14-36(15-11-22)25-6-8-27-29(20-25)38-31-18-24(34(3,4)5)19-32-33(31)35(27)28-9-7-26(21-30(28)39-32)37-16-12-23(2)13-17-37/h6-9,18-23H,10-17H2,1-5H3. The van der Waals surface area contributed by atoms with Gasteiger partial charge in [-0.15, -0.1) is 0 Å². The quantitative estimate of drug-likeness (QED) is 0.220. The molecule has 0 aliphatic carbocycles. The van der Waals surface area contributed by atoms with Crippen LogP contribution in [0, 0.1) is 11.8 Å². The van der Waals surface area contributed by atoms with E-state index in [9.17, 15) is 0 Å².